The molecule has 2 saturated heterocycles. The molecule has 1 aromatic rings. The van der Waals surface area contributed by atoms with Crippen molar-refractivity contribution >= 4 is 5.91 Å². The molecule has 7 heteroatoms. The SMILES string of the molecule is COC[C@H]1CN(C)C[C@@]12CCN(C(=O)c1ncn(C)n1)C2. The van der Waals surface area contributed by atoms with Crippen LogP contribution in [0.1, 0.15) is 17.0 Å². The van der Waals surface area contributed by atoms with Gasteiger partial charge >= 0.3 is 0 Å². The minimum Gasteiger partial charge on any atom is -0.384 e. The van der Waals surface area contributed by atoms with Crippen molar-refractivity contribution in [3.8, 4) is 0 Å². The number of ether oxygens (including phenoxy) is 1. The van der Waals surface area contributed by atoms with E-state index in [4.69, 9.17) is 4.74 Å². The van der Waals surface area contributed by atoms with Crippen LogP contribution in [0.2, 0.25) is 0 Å². The van der Waals surface area contributed by atoms with E-state index in [9.17, 15) is 4.79 Å². The number of methoxy groups -OCH3 is 1. The molecule has 2 atom stereocenters. The predicted molar refractivity (Wildman–Crippen MR) is 76.8 cm³/mol. The molecule has 1 spiro atoms. The van der Waals surface area contributed by atoms with Crippen LogP contribution in [0, 0.1) is 11.3 Å². The van der Waals surface area contributed by atoms with Crippen LogP contribution in [0.15, 0.2) is 6.33 Å². The zero-order valence-electron chi connectivity index (χ0n) is 12.9. The molecule has 3 rings (SSSR count). The molecule has 1 amide bonds. The van der Waals surface area contributed by atoms with Gasteiger partial charge in [0.25, 0.3) is 5.91 Å². The van der Waals surface area contributed by atoms with Crippen molar-refractivity contribution in [1.29, 1.82) is 0 Å². The van der Waals surface area contributed by atoms with Crippen LogP contribution in [0.3, 0.4) is 0 Å². The van der Waals surface area contributed by atoms with Crippen molar-refractivity contribution in [2.24, 2.45) is 18.4 Å². The Hall–Kier alpha value is -1.47. The highest BCUT2D eigenvalue weighted by Crippen LogP contribution is 2.43. The van der Waals surface area contributed by atoms with Gasteiger partial charge in [-0.3, -0.25) is 9.48 Å². The van der Waals surface area contributed by atoms with Crippen molar-refractivity contribution in [3.05, 3.63) is 12.2 Å². The third-order valence-electron chi connectivity index (χ3n) is 4.81. The van der Waals surface area contributed by atoms with Crippen LogP contribution in [-0.2, 0) is 11.8 Å². The van der Waals surface area contributed by atoms with Gasteiger partial charge in [0.15, 0.2) is 0 Å². The van der Waals surface area contributed by atoms with Crippen LogP contribution < -0.4 is 0 Å². The summed E-state index contributed by atoms with van der Waals surface area (Å²) in [5.74, 6) is 0.726. The Kier molecular flexibility index (Phi) is 3.71. The number of likely N-dealkylation sites (tertiary alicyclic amines) is 2. The van der Waals surface area contributed by atoms with Crippen LogP contribution >= 0.6 is 0 Å². The van der Waals surface area contributed by atoms with Gasteiger partial charge in [-0.15, -0.1) is 5.10 Å². The molecular formula is C14H23N5O2. The number of aryl methyl sites for hydroxylation is 1. The van der Waals surface area contributed by atoms with Gasteiger partial charge in [0, 0.05) is 51.7 Å². The summed E-state index contributed by atoms with van der Waals surface area (Å²) >= 11 is 0. The fraction of sp³-hybridized carbons (Fsp3) is 0.786. The fourth-order valence-corrected chi connectivity index (χ4v) is 3.84. The summed E-state index contributed by atoms with van der Waals surface area (Å²) in [6, 6.07) is 0. The van der Waals surface area contributed by atoms with Gasteiger partial charge in [-0.25, -0.2) is 4.98 Å². The highest BCUT2D eigenvalue weighted by Gasteiger charge is 2.50. The average Bonchev–Trinajstić information content (AvgIpc) is 3.11. The number of rotatable bonds is 3. The molecule has 116 valence electrons. The van der Waals surface area contributed by atoms with Crippen molar-refractivity contribution in [2.45, 2.75) is 6.42 Å². The van der Waals surface area contributed by atoms with Crippen molar-refractivity contribution in [1.82, 2.24) is 24.6 Å². The van der Waals surface area contributed by atoms with Gasteiger partial charge in [-0.2, -0.15) is 0 Å². The van der Waals surface area contributed by atoms with E-state index in [2.05, 4.69) is 22.0 Å². The number of hydrogen-bond donors (Lipinski definition) is 0. The van der Waals surface area contributed by atoms with Crippen LogP contribution in [0.4, 0.5) is 0 Å². The number of amides is 1. The third-order valence-corrected chi connectivity index (χ3v) is 4.81. The lowest BCUT2D eigenvalue weighted by Gasteiger charge is -2.29. The van der Waals surface area contributed by atoms with E-state index in [0.29, 0.717) is 11.7 Å². The summed E-state index contributed by atoms with van der Waals surface area (Å²) in [6.07, 6.45) is 2.60. The lowest BCUT2D eigenvalue weighted by molar-refractivity contribution is 0.0705. The first-order valence-corrected chi connectivity index (χ1v) is 7.36. The van der Waals surface area contributed by atoms with Crippen molar-refractivity contribution in [3.63, 3.8) is 0 Å². The molecule has 0 radical (unpaired) electrons. The van der Waals surface area contributed by atoms with Gasteiger partial charge in [-0.05, 0) is 13.5 Å². The summed E-state index contributed by atoms with van der Waals surface area (Å²) < 4.78 is 6.95. The summed E-state index contributed by atoms with van der Waals surface area (Å²) in [7, 11) is 5.67. The normalized spacial score (nSPS) is 29.7. The second-order valence-corrected chi connectivity index (χ2v) is 6.43. The maximum atomic E-state index is 12.5. The Balaban J connectivity index is 1.73. The van der Waals surface area contributed by atoms with E-state index in [1.54, 1.807) is 25.2 Å². The quantitative estimate of drug-likeness (QED) is 0.776. The minimum atomic E-state index is -0.0572. The lowest BCUT2D eigenvalue weighted by Crippen LogP contribution is -2.38. The second kappa shape index (κ2) is 5.38. The first kappa shape index (κ1) is 14.5. The van der Waals surface area contributed by atoms with E-state index >= 15 is 0 Å². The summed E-state index contributed by atoms with van der Waals surface area (Å²) in [4.78, 5) is 20.8. The van der Waals surface area contributed by atoms with Gasteiger partial charge in [0.1, 0.15) is 6.33 Å². The number of nitrogens with zero attached hydrogens (tertiary/aromatic N) is 5. The van der Waals surface area contributed by atoms with Crippen LogP contribution in [-0.4, -0.2) is 77.4 Å². The van der Waals surface area contributed by atoms with E-state index < -0.39 is 0 Å². The number of carbonyl (C=O) groups excluding carboxylic acids is 1. The molecule has 0 aliphatic carbocycles. The highest BCUT2D eigenvalue weighted by molar-refractivity contribution is 5.90. The summed E-state index contributed by atoms with van der Waals surface area (Å²) in [5.41, 5.74) is 0.162. The zero-order chi connectivity index (χ0) is 15.0. The van der Waals surface area contributed by atoms with Crippen molar-refractivity contribution < 1.29 is 9.53 Å². The number of carbonyl (C=O) groups is 1. The zero-order valence-corrected chi connectivity index (χ0v) is 12.9. The van der Waals surface area contributed by atoms with Crippen LogP contribution in [0.25, 0.3) is 0 Å². The maximum absolute atomic E-state index is 12.5. The molecule has 0 N–H and O–H groups in total. The molecule has 0 saturated carbocycles. The Bertz CT molecular complexity index is 531. The molecular weight excluding hydrogens is 270 g/mol. The molecule has 3 heterocycles. The van der Waals surface area contributed by atoms with E-state index in [-0.39, 0.29) is 11.3 Å². The second-order valence-electron chi connectivity index (χ2n) is 6.43. The molecule has 0 unspecified atom stereocenters. The van der Waals surface area contributed by atoms with E-state index in [1.807, 2.05) is 4.90 Å². The Morgan fingerprint density at radius 3 is 2.95 bits per heavy atom. The number of aromatic nitrogens is 3. The van der Waals surface area contributed by atoms with Crippen molar-refractivity contribution in [2.75, 3.05) is 46.9 Å². The first-order chi connectivity index (χ1) is 10.0. The Morgan fingerprint density at radius 1 is 1.48 bits per heavy atom. The summed E-state index contributed by atoms with van der Waals surface area (Å²) in [6.45, 7) is 4.39. The molecule has 2 aliphatic heterocycles. The van der Waals surface area contributed by atoms with Gasteiger partial charge < -0.3 is 14.5 Å². The minimum absolute atomic E-state index is 0.0572. The monoisotopic (exact) mass is 293 g/mol. The molecule has 0 bridgehead atoms. The molecule has 2 aliphatic rings. The molecule has 1 aromatic heterocycles. The van der Waals surface area contributed by atoms with Crippen LogP contribution in [0.5, 0.6) is 0 Å². The summed E-state index contributed by atoms with van der Waals surface area (Å²) in [5, 5.41) is 4.12. The third kappa shape index (κ3) is 2.55. The largest absolute Gasteiger partial charge is 0.384 e. The van der Waals surface area contributed by atoms with Gasteiger partial charge in [0.2, 0.25) is 5.82 Å². The molecule has 2 fully saturated rings. The highest BCUT2D eigenvalue weighted by atomic mass is 16.5. The van der Waals surface area contributed by atoms with E-state index in [0.717, 1.165) is 39.2 Å². The lowest BCUT2D eigenvalue weighted by atomic mass is 9.78. The Morgan fingerprint density at radius 2 is 2.29 bits per heavy atom. The van der Waals surface area contributed by atoms with Gasteiger partial charge in [-0.1, -0.05) is 0 Å². The van der Waals surface area contributed by atoms with E-state index in [1.165, 1.54) is 0 Å². The average molecular weight is 293 g/mol. The topological polar surface area (TPSA) is 63.5 Å². The first-order valence-electron chi connectivity index (χ1n) is 7.36. The smallest absolute Gasteiger partial charge is 0.293 e. The molecule has 0 aromatic carbocycles. The fourth-order valence-electron chi connectivity index (χ4n) is 3.84. The maximum Gasteiger partial charge on any atom is 0.293 e. The number of hydrogen-bond acceptors (Lipinski definition) is 5. The predicted octanol–water partition coefficient (Wildman–Crippen LogP) is -0.145. The standard InChI is InChI=1S/C14H23N5O2/c1-17-6-11(7-21-3)14(8-17)4-5-19(9-14)13(20)12-15-10-18(2)16-12/h10-11H,4-9H2,1-3H3/t11-,14-/m1/s1. The Labute approximate surface area is 124 Å². The molecule has 21 heavy (non-hydrogen) atoms. The van der Waals surface area contributed by atoms with Gasteiger partial charge in [0.05, 0.1) is 6.61 Å². The molecule has 7 nitrogen and oxygen atoms in total.